The van der Waals surface area contributed by atoms with E-state index in [0.717, 1.165) is 48.2 Å². The first-order chi connectivity index (χ1) is 9.70. The van der Waals surface area contributed by atoms with Gasteiger partial charge in [-0.2, -0.15) is 0 Å². The molecule has 1 heterocycles. The molecule has 2 aromatic rings. The van der Waals surface area contributed by atoms with Crippen molar-refractivity contribution in [2.45, 2.75) is 31.8 Å². The van der Waals surface area contributed by atoms with Gasteiger partial charge in [0, 0.05) is 17.6 Å². The van der Waals surface area contributed by atoms with Crippen molar-refractivity contribution in [1.29, 1.82) is 0 Å². The number of hydrogen-bond donors (Lipinski definition) is 3. The van der Waals surface area contributed by atoms with Crippen molar-refractivity contribution in [3.8, 4) is 0 Å². The molecule has 106 valence electrons. The molecule has 0 saturated heterocycles. The van der Waals surface area contributed by atoms with Crippen LogP contribution in [0.1, 0.15) is 25.7 Å². The molecule has 2 unspecified atom stereocenters. The van der Waals surface area contributed by atoms with Gasteiger partial charge in [0.15, 0.2) is 0 Å². The van der Waals surface area contributed by atoms with Crippen molar-refractivity contribution in [3.05, 3.63) is 30.3 Å². The molecule has 0 aliphatic heterocycles. The molecule has 4 heteroatoms. The predicted molar refractivity (Wildman–Crippen MR) is 82.6 cm³/mol. The van der Waals surface area contributed by atoms with Gasteiger partial charge in [0.2, 0.25) is 0 Å². The fourth-order valence-electron chi connectivity index (χ4n) is 2.94. The molecule has 0 spiro atoms. The molecular formula is C16H21N3O. The average Bonchev–Trinajstić information content (AvgIpc) is 2.45. The van der Waals surface area contributed by atoms with Gasteiger partial charge < -0.3 is 16.2 Å². The predicted octanol–water partition coefficient (Wildman–Crippen LogP) is 2.78. The molecule has 1 aromatic carbocycles. The van der Waals surface area contributed by atoms with Gasteiger partial charge >= 0.3 is 0 Å². The molecule has 0 radical (unpaired) electrons. The molecule has 0 amide bonds. The molecule has 4 nitrogen and oxygen atoms in total. The summed E-state index contributed by atoms with van der Waals surface area (Å²) in [5.74, 6) is 1.44. The average molecular weight is 271 g/mol. The van der Waals surface area contributed by atoms with E-state index in [4.69, 9.17) is 5.73 Å². The summed E-state index contributed by atoms with van der Waals surface area (Å²) in [6.07, 6.45) is 4.04. The monoisotopic (exact) mass is 271 g/mol. The highest BCUT2D eigenvalue weighted by Gasteiger charge is 2.19. The largest absolute Gasteiger partial charge is 0.399 e. The lowest BCUT2D eigenvalue weighted by atomic mass is 9.87. The van der Waals surface area contributed by atoms with Crippen LogP contribution < -0.4 is 11.1 Å². The second-order valence-electron chi connectivity index (χ2n) is 5.72. The minimum atomic E-state index is -0.122. The highest BCUT2D eigenvalue weighted by atomic mass is 16.3. The third-order valence-corrected chi connectivity index (χ3v) is 4.04. The number of rotatable bonds is 3. The SMILES string of the molecule is Nc1ccc2nc(NCC3CCCC(O)C3)ccc2c1. The van der Waals surface area contributed by atoms with Crippen molar-refractivity contribution in [1.82, 2.24) is 4.98 Å². The Kier molecular flexibility index (Phi) is 3.74. The number of pyridine rings is 1. The Morgan fingerprint density at radius 3 is 3.00 bits per heavy atom. The van der Waals surface area contributed by atoms with Gasteiger partial charge in [-0.25, -0.2) is 4.98 Å². The van der Waals surface area contributed by atoms with Gasteiger partial charge in [-0.15, -0.1) is 0 Å². The van der Waals surface area contributed by atoms with Crippen molar-refractivity contribution < 1.29 is 5.11 Å². The van der Waals surface area contributed by atoms with Crippen molar-refractivity contribution >= 4 is 22.4 Å². The van der Waals surface area contributed by atoms with E-state index >= 15 is 0 Å². The summed E-state index contributed by atoms with van der Waals surface area (Å²) < 4.78 is 0. The highest BCUT2D eigenvalue weighted by Crippen LogP contribution is 2.25. The van der Waals surface area contributed by atoms with Crippen LogP contribution in [-0.2, 0) is 0 Å². The van der Waals surface area contributed by atoms with Gasteiger partial charge in [0.25, 0.3) is 0 Å². The van der Waals surface area contributed by atoms with E-state index in [1.165, 1.54) is 6.42 Å². The summed E-state index contributed by atoms with van der Waals surface area (Å²) in [6.45, 7) is 0.880. The zero-order valence-corrected chi connectivity index (χ0v) is 11.5. The summed E-state index contributed by atoms with van der Waals surface area (Å²) in [5.41, 5.74) is 7.48. The first-order valence-corrected chi connectivity index (χ1v) is 7.29. The van der Waals surface area contributed by atoms with Gasteiger partial charge in [-0.1, -0.05) is 6.42 Å². The Bertz CT molecular complexity index is 599. The standard InChI is InChI=1S/C16H21N3O/c17-13-5-6-15-12(9-13)4-7-16(19-15)18-10-11-2-1-3-14(20)8-11/h4-7,9,11,14,20H,1-3,8,10,17H2,(H,18,19). The number of nitrogens with one attached hydrogen (secondary N) is 1. The number of fused-ring (bicyclic) bond motifs is 1. The molecular weight excluding hydrogens is 250 g/mol. The highest BCUT2D eigenvalue weighted by molar-refractivity contribution is 5.83. The fourth-order valence-corrected chi connectivity index (χ4v) is 2.94. The Morgan fingerprint density at radius 1 is 1.25 bits per heavy atom. The van der Waals surface area contributed by atoms with Crippen LogP contribution >= 0.6 is 0 Å². The van der Waals surface area contributed by atoms with Crippen molar-refractivity contribution in [3.63, 3.8) is 0 Å². The van der Waals surface area contributed by atoms with E-state index in [2.05, 4.69) is 10.3 Å². The number of anilines is 2. The number of nitrogens with zero attached hydrogens (tertiary/aromatic N) is 1. The lowest BCUT2D eigenvalue weighted by molar-refractivity contribution is 0.104. The molecule has 4 N–H and O–H groups in total. The molecule has 1 aliphatic rings. The van der Waals surface area contributed by atoms with Crippen LogP contribution in [0.15, 0.2) is 30.3 Å². The molecule has 20 heavy (non-hydrogen) atoms. The summed E-state index contributed by atoms with van der Waals surface area (Å²) in [7, 11) is 0. The molecule has 1 fully saturated rings. The maximum atomic E-state index is 9.69. The number of nitrogens with two attached hydrogens (primary N) is 1. The third-order valence-electron chi connectivity index (χ3n) is 4.04. The first kappa shape index (κ1) is 13.2. The molecule has 1 saturated carbocycles. The fraction of sp³-hybridized carbons (Fsp3) is 0.438. The second kappa shape index (κ2) is 5.67. The van der Waals surface area contributed by atoms with Crippen LogP contribution in [0.5, 0.6) is 0 Å². The van der Waals surface area contributed by atoms with Gasteiger partial charge in [0.1, 0.15) is 5.82 Å². The van der Waals surface area contributed by atoms with E-state index in [1.54, 1.807) is 0 Å². The van der Waals surface area contributed by atoms with Crippen LogP contribution in [0.3, 0.4) is 0 Å². The van der Waals surface area contributed by atoms with Crippen molar-refractivity contribution in [2.75, 3.05) is 17.6 Å². The number of aromatic nitrogens is 1. The Morgan fingerprint density at radius 2 is 2.15 bits per heavy atom. The van der Waals surface area contributed by atoms with E-state index < -0.39 is 0 Å². The maximum absolute atomic E-state index is 9.69. The van der Waals surface area contributed by atoms with Crippen LogP contribution in [0.2, 0.25) is 0 Å². The van der Waals surface area contributed by atoms with E-state index in [1.807, 2.05) is 30.3 Å². The summed E-state index contributed by atoms with van der Waals surface area (Å²) in [6, 6.07) is 9.78. The number of aliphatic hydroxyl groups is 1. The first-order valence-electron chi connectivity index (χ1n) is 7.29. The van der Waals surface area contributed by atoms with Gasteiger partial charge in [-0.3, -0.25) is 0 Å². The Labute approximate surface area is 119 Å². The number of hydrogen-bond acceptors (Lipinski definition) is 4. The van der Waals surface area contributed by atoms with Crippen LogP contribution in [0, 0.1) is 5.92 Å². The number of benzene rings is 1. The zero-order chi connectivity index (χ0) is 13.9. The van der Waals surface area contributed by atoms with Gasteiger partial charge in [-0.05, 0) is 55.5 Å². The van der Waals surface area contributed by atoms with E-state index in [0.29, 0.717) is 5.92 Å². The summed E-state index contributed by atoms with van der Waals surface area (Å²) >= 11 is 0. The molecule has 0 bridgehead atoms. The quantitative estimate of drug-likeness (QED) is 0.751. The number of nitrogen functional groups attached to an aromatic ring is 1. The van der Waals surface area contributed by atoms with Gasteiger partial charge in [0.05, 0.1) is 11.6 Å². The smallest absolute Gasteiger partial charge is 0.126 e. The van der Waals surface area contributed by atoms with E-state index in [-0.39, 0.29) is 6.10 Å². The maximum Gasteiger partial charge on any atom is 0.126 e. The zero-order valence-electron chi connectivity index (χ0n) is 11.5. The topological polar surface area (TPSA) is 71.2 Å². The van der Waals surface area contributed by atoms with Crippen LogP contribution in [-0.4, -0.2) is 22.7 Å². The summed E-state index contributed by atoms with van der Waals surface area (Å²) in [4.78, 5) is 4.59. The third kappa shape index (κ3) is 3.02. The minimum absolute atomic E-state index is 0.122. The Balaban J connectivity index is 1.67. The molecule has 1 aliphatic carbocycles. The Hall–Kier alpha value is -1.81. The van der Waals surface area contributed by atoms with E-state index in [9.17, 15) is 5.11 Å². The normalized spacial score (nSPS) is 22.9. The molecule has 1 aromatic heterocycles. The lowest BCUT2D eigenvalue weighted by Crippen LogP contribution is -2.25. The van der Waals surface area contributed by atoms with Crippen LogP contribution in [0.25, 0.3) is 10.9 Å². The molecule has 2 atom stereocenters. The van der Waals surface area contributed by atoms with Crippen LogP contribution in [0.4, 0.5) is 11.5 Å². The minimum Gasteiger partial charge on any atom is -0.399 e. The molecule has 3 rings (SSSR count). The lowest BCUT2D eigenvalue weighted by Gasteiger charge is -2.26. The summed E-state index contributed by atoms with van der Waals surface area (Å²) in [5, 5.41) is 14.1. The van der Waals surface area contributed by atoms with Crippen molar-refractivity contribution in [2.24, 2.45) is 5.92 Å². The second-order valence-corrected chi connectivity index (χ2v) is 5.72. The number of aliphatic hydroxyl groups excluding tert-OH is 1.